The maximum absolute atomic E-state index is 13.3. The summed E-state index contributed by atoms with van der Waals surface area (Å²) in [6, 6.07) is 0. The summed E-state index contributed by atoms with van der Waals surface area (Å²) in [5, 5.41) is 3.83. The van der Waals surface area contributed by atoms with E-state index in [2.05, 4.69) is 11.9 Å². The van der Waals surface area contributed by atoms with Gasteiger partial charge in [-0.05, 0) is 0 Å². The molecule has 0 aromatic carbocycles. The molecular weight excluding hydrogens is 437 g/mol. The highest BCUT2D eigenvalue weighted by Crippen LogP contribution is 2.38. The van der Waals surface area contributed by atoms with Crippen molar-refractivity contribution in [2.45, 2.75) is 19.0 Å². The zero-order valence-electron chi connectivity index (χ0n) is 17.7. The van der Waals surface area contributed by atoms with E-state index in [1.54, 1.807) is 4.90 Å². The van der Waals surface area contributed by atoms with E-state index in [-0.39, 0.29) is 31.2 Å². The fourth-order valence-corrected chi connectivity index (χ4v) is 3.79. The number of hydrogen-bond donors (Lipinski definition) is 1. The number of nitrogens with one attached hydrogen (secondary N) is 1. The number of methoxy groups -OCH3 is 1. The van der Waals surface area contributed by atoms with E-state index in [1.165, 1.54) is 25.1 Å². The lowest BCUT2D eigenvalue weighted by molar-refractivity contribution is -0.203. The summed E-state index contributed by atoms with van der Waals surface area (Å²) < 4.78 is 46.0. The molecule has 1 fully saturated rings. The number of halogens is 3. The van der Waals surface area contributed by atoms with Crippen LogP contribution in [-0.2, 0) is 28.0 Å². The second kappa shape index (κ2) is 9.34. The molecule has 3 rings (SSSR count). The van der Waals surface area contributed by atoms with E-state index in [0.29, 0.717) is 31.2 Å². The molecule has 0 aliphatic carbocycles. The largest absolute Gasteiger partial charge is 0.493 e. The highest BCUT2D eigenvalue weighted by molar-refractivity contribution is 5.80. The summed E-state index contributed by atoms with van der Waals surface area (Å²) in [6.45, 7) is 5.61. The van der Waals surface area contributed by atoms with Gasteiger partial charge < -0.3 is 19.8 Å². The molecule has 0 saturated carbocycles. The molecule has 0 amide bonds. The molecule has 0 spiro atoms. The van der Waals surface area contributed by atoms with Crippen LogP contribution >= 0.6 is 0 Å². The van der Waals surface area contributed by atoms with Crippen LogP contribution < -0.4 is 26.5 Å². The van der Waals surface area contributed by atoms with Gasteiger partial charge in [0.05, 0.1) is 13.2 Å². The summed E-state index contributed by atoms with van der Waals surface area (Å²) in [5.74, 6) is -2.70. The molecule has 1 saturated heterocycles. The fourth-order valence-electron chi connectivity index (χ4n) is 3.79. The molecule has 1 aromatic rings. The highest BCUT2D eigenvalue weighted by Gasteiger charge is 2.50. The van der Waals surface area contributed by atoms with Gasteiger partial charge in [0.25, 0.3) is 5.56 Å². The molecule has 2 aliphatic heterocycles. The van der Waals surface area contributed by atoms with Crippen LogP contribution in [0.4, 0.5) is 24.7 Å². The standard InChI is InChI=1S/C18H25F3N6O5/c1-4-7-25-12-13(23(2)17(30)26(14(12)28)10-11-31-3)27(32-15(29)18(19,20)21)16(25)24-8-5-22-6-9-24/h4,16,22H,1,5-11H2,2-3H3. The molecule has 1 atom stereocenters. The summed E-state index contributed by atoms with van der Waals surface area (Å²) >= 11 is 0. The number of alkyl halides is 3. The van der Waals surface area contributed by atoms with Crippen LogP contribution in [0.25, 0.3) is 0 Å². The van der Waals surface area contributed by atoms with E-state index in [4.69, 9.17) is 9.57 Å². The maximum Gasteiger partial charge on any atom is 0.493 e. The Balaban J connectivity index is 2.22. The van der Waals surface area contributed by atoms with E-state index < -0.39 is 29.7 Å². The maximum atomic E-state index is 13.3. The van der Waals surface area contributed by atoms with Crippen LogP contribution in [0, 0.1) is 0 Å². The van der Waals surface area contributed by atoms with Gasteiger partial charge in [-0.15, -0.1) is 11.6 Å². The van der Waals surface area contributed by atoms with E-state index in [1.807, 2.05) is 0 Å². The first-order valence-electron chi connectivity index (χ1n) is 9.86. The van der Waals surface area contributed by atoms with Crippen LogP contribution in [0.1, 0.15) is 0 Å². The van der Waals surface area contributed by atoms with Gasteiger partial charge in [-0.1, -0.05) is 6.08 Å². The number of carbonyl (C=O) groups is 1. The molecule has 1 aromatic heterocycles. The molecule has 2 aliphatic rings. The number of carbonyl (C=O) groups excluding carboxylic acids is 1. The molecule has 11 nitrogen and oxygen atoms in total. The van der Waals surface area contributed by atoms with Gasteiger partial charge in [0.2, 0.25) is 0 Å². The van der Waals surface area contributed by atoms with Gasteiger partial charge in [0, 0.05) is 46.9 Å². The van der Waals surface area contributed by atoms with Gasteiger partial charge in [-0.3, -0.25) is 18.8 Å². The Morgan fingerprint density at radius 2 is 1.94 bits per heavy atom. The van der Waals surface area contributed by atoms with Gasteiger partial charge in [0.15, 0.2) is 17.8 Å². The Morgan fingerprint density at radius 1 is 1.28 bits per heavy atom. The zero-order chi connectivity index (χ0) is 23.6. The second-order valence-corrected chi connectivity index (χ2v) is 7.24. The zero-order valence-corrected chi connectivity index (χ0v) is 17.7. The SMILES string of the molecule is C=CCN1c2c(n(C)c(=O)n(CCOC)c2=O)N(OC(=O)C(F)(F)F)C1N1CCNCC1. The van der Waals surface area contributed by atoms with Crippen molar-refractivity contribution in [3.63, 3.8) is 0 Å². The lowest BCUT2D eigenvalue weighted by Gasteiger charge is -2.40. The summed E-state index contributed by atoms with van der Waals surface area (Å²) in [4.78, 5) is 45.9. The number of rotatable bonds is 7. The fraction of sp³-hybridized carbons (Fsp3) is 0.611. The molecule has 0 radical (unpaired) electrons. The van der Waals surface area contributed by atoms with Crippen LogP contribution in [0.15, 0.2) is 22.2 Å². The minimum atomic E-state index is -5.27. The first-order valence-corrected chi connectivity index (χ1v) is 9.86. The Morgan fingerprint density at radius 3 is 2.50 bits per heavy atom. The predicted octanol–water partition coefficient (Wildman–Crippen LogP) is -0.785. The van der Waals surface area contributed by atoms with Crippen molar-refractivity contribution >= 4 is 17.5 Å². The van der Waals surface area contributed by atoms with Crippen LogP contribution in [0.5, 0.6) is 0 Å². The van der Waals surface area contributed by atoms with Crippen molar-refractivity contribution in [3.8, 4) is 0 Å². The molecule has 178 valence electrons. The Labute approximate surface area is 181 Å². The molecule has 14 heteroatoms. The van der Waals surface area contributed by atoms with Crippen molar-refractivity contribution in [2.75, 3.05) is 56.4 Å². The number of hydrogen-bond acceptors (Lipinski definition) is 9. The summed E-state index contributed by atoms with van der Waals surface area (Å²) in [7, 11) is 2.70. The number of piperazine rings is 1. The summed E-state index contributed by atoms with van der Waals surface area (Å²) in [5.41, 5.74) is -1.58. The highest BCUT2D eigenvalue weighted by atomic mass is 19.4. The minimum absolute atomic E-state index is 0.0549. The predicted molar refractivity (Wildman–Crippen MR) is 108 cm³/mol. The van der Waals surface area contributed by atoms with Gasteiger partial charge in [-0.25, -0.2) is 9.59 Å². The lowest BCUT2D eigenvalue weighted by atomic mass is 10.3. The number of hydroxylamine groups is 1. The third-order valence-electron chi connectivity index (χ3n) is 5.22. The third-order valence-corrected chi connectivity index (χ3v) is 5.22. The molecule has 3 heterocycles. The number of anilines is 2. The van der Waals surface area contributed by atoms with Gasteiger partial charge >= 0.3 is 17.8 Å². The Hall–Kier alpha value is -2.84. The van der Waals surface area contributed by atoms with Gasteiger partial charge in [-0.2, -0.15) is 13.2 Å². The monoisotopic (exact) mass is 462 g/mol. The third kappa shape index (κ3) is 4.25. The Kier molecular flexibility index (Phi) is 6.95. The lowest BCUT2D eigenvalue weighted by Crippen LogP contribution is -2.61. The van der Waals surface area contributed by atoms with E-state index >= 15 is 0 Å². The molecular formula is C18H25F3N6O5. The van der Waals surface area contributed by atoms with Crippen LogP contribution in [-0.4, -0.2) is 78.9 Å². The van der Waals surface area contributed by atoms with Crippen molar-refractivity contribution < 1.29 is 27.5 Å². The molecule has 32 heavy (non-hydrogen) atoms. The number of ether oxygens (including phenoxy) is 1. The first kappa shape index (κ1) is 23.8. The van der Waals surface area contributed by atoms with Crippen molar-refractivity contribution in [2.24, 2.45) is 7.05 Å². The Bertz CT molecular complexity index is 985. The first-order chi connectivity index (χ1) is 15.1. The quantitative estimate of drug-likeness (QED) is 0.523. The second-order valence-electron chi connectivity index (χ2n) is 7.24. The van der Waals surface area contributed by atoms with Crippen LogP contribution in [0.2, 0.25) is 0 Å². The number of fused-ring (bicyclic) bond motifs is 1. The molecule has 0 bridgehead atoms. The van der Waals surface area contributed by atoms with Crippen LogP contribution in [0.3, 0.4) is 0 Å². The normalized spacial score (nSPS) is 19.2. The van der Waals surface area contributed by atoms with Crippen molar-refractivity contribution in [1.82, 2.24) is 19.4 Å². The molecule has 1 unspecified atom stereocenters. The molecule has 1 N–H and O–H groups in total. The average molecular weight is 462 g/mol. The summed E-state index contributed by atoms with van der Waals surface area (Å²) in [6.07, 6.45) is -4.88. The average Bonchev–Trinajstić information content (AvgIpc) is 3.06. The smallest absolute Gasteiger partial charge is 0.383 e. The topological polar surface area (TPSA) is 101 Å². The van der Waals surface area contributed by atoms with E-state index in [0.717, 1.165) is 9.13 Å². The minimum Gasteiger partial charge on any atom is -0.383 e. The van der Waals surface area contributed by atoms with Gasteiger partial charge in [0.1, 0.15) is 0 Å². The van der Waals surface area contributed by atoms with Crippen molar-refractivity contribution in [3.05, 3.63) is 33.5 Å². The number of aromatic nitrogens is 2. The van der Waals surface area contributed by atoms with Crippen molar-refractivity contribution in [1.29, 1.82) is 0 Å². The van der Waals surface area contributed by atoms with E-state index in [9.17, 15) is 27.6 Å². The number of nitrogens with zero attached hydrogens (tertiary/aromatic N) is 5.